The topological polar surface area (TPSA) is 87.5 Å². The highest BCUT2D eigenvalue weighted by Crippen LogP contribution is 2.29. The molecule has 1 fully saturated rings. The third-order valence-electron chi connectivity index (χ3n) is 4.38. The molecule has 7 heteroatoms. The average molecular weight is 328 g/mol. The summed E-state index contributed by atoms with van der Waals surface area (Å²) < 4.78 is 1.75. The van der Waals surface area contributed by atoms with E-state index in [0.29, 0.717) is 19.5 Å². The first kappa shape index (κ1) is 16.0. The Morgan fingerprint density at radius 2 is 2.08 bits per heavy atom. The van der Waals surface area contributed by atoms with Crippen LogP contribution in [0.4, 0.5) is 4.79 Å². The lowest BCUT2D eigenvalue weighted by Gasteiger charge is -2.20. The molecule has 0 saturated carbocycles. The Labute approximate surface area is 139 Å². The second-order valence-electron chi connectivity index (χ2n) is 6.32. The Hall–Kier alpha value is -2.83. The van der Waals surface area contributed by atoms with Crippen LogP contribution in [0.15, 0.2) is 42.7 Å². The molecule has 0 aliphatic carbocycles. The number of rotatable bonds is 4. The minimum atomic E-state index is -0.859. The van der Waals surface area contributed by atoms with Crippen LogP contribution in [0.2, 0.25) is 0 Å². The molecule has 0 radical (unpaired) electrons. The Morgan fingerprint density at radius 3 is 2.75 bits per heavy atom. The van der Waals surface area contributed by atoms with Gasteiger partial charge in [-0.25, -0.2) is 9.48 Å². The van der Waals surface area contributed by atoms with E-state index in [4.69, 9.17) is 0 Å². The summed E-state index contributed by atoms with van der Waals surface area (Å²) in [5.41, 5.74) is 0.981. The molecule has 1 aliphatic heterocycles. The summed E-state index contributed by atoms with van der Waals surface area (Å²) in [6.07, 6.45) is 4.04. The predicted octanol–water partition coefficient (Wildman–Crippen LogP) is 1.88. The van der Waals surface area contributed by atoms with Crippen LogP contribution in [0.1, 0.15) is 18.9 Å². The molecule has 1 aromatic heterocycles. The lowest BCUT2D eigenvalue weighted by atomic mass is 9.90. The number of carbonyl (C=O) groups is 2. The molecular formula is C17H20N4O3. The van der Waals surface area contributed by atoms with E-state index in [1.807, 2.05) is 36.5 Å². The van der Waals surface area contributed by atoms with Crippen LogP contribution >= 0.6 is 0 Å². The standard InChI is InChI=1S/C17H20N4O3/c1-17(15(22)23)7-8-20(12-17)16(24)18-9-13-10-19-21(11-13)14-5-3-2-4-6-14/h2-6,10-11H,7-9,12H2,1H3,(H,18,24)(H,22,23). The van der Waals surface area contributed by atoms with Crippen LogP contribution in [0.25, 0.3) is 5.69 Å². The summed E-state index contributed by atoms with van der Waals surface area (Å²) in [7, 11) is 0. The number of para-hydroxylation sites is 1. The maximum absolute atomic E-state index is 12.2. The largest absolute Gasteiger partial charge is 0.481 e. The van der Waals surface area contributed by atoms with Gasteiger partial charge in [-0.1, -0.05) is 18.2 Å². The van der Waals surface area contributed by atoms with Crippen molar-refractivity contribution in [3.8, 4) is 5.69 Å². The summed E-state index contributed by atoms with van der Waals surface area (Å²) in [5, 5.41) is 16.3. The summed E-state index contributed by atoms with van der Waals surface area (Å²) in [5.74, 6) is -0.859. The van der Waals surface area contributed by atoms with Gasteiger partial charge in [-0.15, -0.1) is 0 Å². The molecular weight excluding hydrogens is 308 g/mol. The normalized spacial score (nSPS) is 20.1. The van der Waals surface area contributed by atoms with Gasteiger partial charge in [0, 0.05) is 31.4 Å². The highest BCUT2D eigenvalue weighted by molar-refractivity contribution is 5.79. The number of carboxylic acids is 1. The van der Waals surface area contributed by atoms with Crippen molar-refractivity contribution in [3.05, 3.63) is 48.3 Å². The van der Waals surface area contributed by atoms with E-state index < -0.39 is 11.4 Å². The molecule has 126 valence electrons. The lowest BCUT2D eigenvalue weighted by Crippen LogP contribution is -2.40. The summed E-state index contributed by atoms with van der Waals surface area (Å²) >= 11 is 0. The van der Waals surface area contributed by atoms with Crippen molar-refractivity contribution < 1.29 is 14.7 Å². The van der Waals surface area contributed by atoms with E-state index in [9.17, 15) is 14.7 Å². The number of amides is 2. The fraction of sp³-hybridized carbons (Fsp3) is 0.353. The van der Waals surface area contributed by atoms with E-state index in [0.717, 1.165) is 11.3 Å². The Balaban J connectivity index is 1.56. The first-order valence-corrected chi connectivity index (χ1v) is 7.83. The number of benzene rings is 1. The quantitative estimate of drug-likeness (QED) is 0.897. The van der Waals surface area contributed by atoms with E-state index >= 15 is 0 Å². The minimum Gasteiger partial charge on any atom is -0.481 e. The summed E-state index contributed by atoms with van der Waals surface area (Å²) in [4.78, 5) is 25.0. The zero-order valence-corrected chi connectivity index (χ0v) is 13.5. The number of hydrogen-bond donors (Lipinski definition) is 2. The molecule has 2 amide bonds. The molecule has 2 heterocycles. The van der Waals surface area contributed by atoms with Crippen molar-refractivity contribution in [1.82, 2.24) is 20.0 Å². The van der Waals surface area contributed by atoms with Gasteiger partial charge in [0.25, 0.3) is 0 Å². The molecule has 24 heavy (non-hydrogen) atoms. The van der Waals surface area contributed by atoms with Gasteiger partial charge in [0.15, 0.2) is 0 Å². The molecule has 3 rings (SSSR count). The van der Waals surface area contributed by atoms with Gasteiger partial charge in [0.1, 0.15) is 0 Å². The molecule has 2 N–H and O–H groups in total. The highest BCUT2D eigenvalue weighted by Gasteiger charge is 2.42. The van der Waals surface area contributed by atoms with Gasteiger partial charge < -0.3 is 15.3 Å². The number of likely N-dealkylation sites (tertiary alicyclic amines) is 1. The number of aromatic nitrogens is 2. The number of nitrogens with one attached hydrogen (secondary N) is 1. The number of carboxylic acid groups (broad SMARTS) is 1. The van der Waals surface area contributed by atoms with Crippen LogP contribution < -0.4 is 5.32 Å². The third kappa shape index (κ3) is 3.24. The fourth-order valence-electron chi connectivity index (χ4n) is 2.77. The van der Waals surface area contributed by atoms with E-state index in [1.54, 1.807) is 22.7 Å². The molecule has 1 aliphatic rings. The molecule has 1 unspecified atom stereocenters. The smallest absolute Gasteiger partial charge is 0.317 e. The molecule has 1 saturated heterocycles. The monoisotopic (exact) mass is 328 g/mol. The maximum atomic E-state index is 12.2. The van der Waals surface area contributed by atoms with Crippen LogP contribution in [0.3, 0.4) is 0 Å². The Morgan fingerprint density at radius 1 is 1.33 bits per heavy atom. The van der Waals surface area contributed by atoms with Crippen LogP contribution in [-0.4, -0.2) is 44.9 Å². The van der Waals surface area contributed by atoms with Gasteiger partial charge >= 0.3 is 12.0 Å². The average Bonchev–Trinajstić information content (AvgIpc) is 3.21. The lowest BCUT2D eigenvalue weighted by molar-refractivity contribution is -0.147. The van der Waals surface area contributed by atoms with Gasteiger partial charge in [-0.3, -0.25) is 4.79 Å². The predicted molar refractivity (Wildman–Crippen MR) is 87.7 cm³/mol. The second kappa shape index (κ2) is 6.35. The van der Waals surface area contributed by atoms with Crippen molar-refractivity contribution in [2.45, 2.75) is 19.9 Å². The second-order valence-corrected chi connectivity index (χ2v) is 6.32. The van der Waals surface area contributed by atoms with Crippen molar-refractivity contribution in [1.29, 1.82) is 0 Å². The molecule has 1 atom stereocenters. The van der Waals surface area contributed by atoms with Gasteiger partial charge in [0.2, 0.25) is 0 Å². The molecule has 7 nitrogen and oxygen atoms in total. The SMILES string of the molecule is CC1(C(=O)O)CCN(C(=O)NCc2cnn(-c3ccccc3)c2)C1. The Kier molecular flexibility index (Phi) is 4.24. The number of aliphatic carboxylic acids is 1. The fourth-order valence-corrected chi connectivity index (χ4v) is 2.77. The first-order chi connectivity index (χ1) is 11.5. The summed E-state index contributed by atoms with van der Waals surface area (Å²) in [6.45, 7) is 2.72. The molecule has 0 spiro atoms. The van der Waals surface area contributed by atoms with Crippen LogP contribution in [0, 0.1) is 5.41 Å². The van der Waals surface area contributed by atoms with Crippen molar-refractivity contribution >= 4 is 12.0 Å². The van der Waals surface area contributed by atoms with E-state index in [1.165, 1.54) is 0 Å². The van der Waals surface area contributed by atoms with Crippen molar-refractivity contribution in [2.75, 3.05) is 13.1 Å². The first-order valence-electron chi connectivity index (χ1n) is 7.83. The van der Waals surface area contributed by atoms with Gasteiger partial charge in [-0.05, 0) is 25.5 Å². The van der Waals surface area contributed by atoms with Gasteiger partial charge in [0.05, 0.1) is 17.3 Å². The zero-order chi connectivity index (χ0) is 17.2. The van der Waals surface area contributed by atoms with Crippen LogP contribution in [-0.2, 0) is 11.3 Å². The van der Waals surface area contributed by atoms with E-state index in [-0.39, 0.29) is 12.6 Å². The van der Waals surface area contributed by atoms with Gasteiger partial charge in [-0.2, -0.15) is 5.10 Å². The highest BCUT2D eigenvalue weighted by atomic mass is 16.4. The molecule has 0 bridgehead atoms. The number of urea groups is 1. The number of carbonyl (C=O) groups excluding carboxylic acids is 1. The third-order valence-corrected chi connectivity index (χ3v) is 4.38. The van der Waals surface area contributed by atoms with Crippen LogP contribution in [0.5, 0.6) is 0 Å². The molecule has 2 aromatic rings. The number of nitrogens with zero attached hydrogens (tertiary/aromatic N) is 3. The minimum absolute atomic E-state index is 0.234. The van der Waals surface area contributed by atoms with Crippen molar-refractivity contribution in [2.24, 2.45) is 5.41 Å². The number of hydrogen-bond acceptors (Lipinski definition) is 3. The maximum Gasteiger partial charge on any atom is 0.317 e. The summed E-state index contributed by atoms with van der Waals surface area (Å²) in [6, 6.07) is 9.47. The molecule has 1 aromatic carbocycles. The van der Waals surface area contributed by atoms with Crippen molar-refractivity contribution in [3.63, 3.8) is 0 Å². The van der Waals surface area contributed by atoms with E-state index in [2.05, 4.69) is 10.4 Å². The Bertz CT molecular complexity index is 743. The zero-order valence-electron chi connectivity index (χ0n) is 13.5.